The minimum atomic E-state index is -0.360. The van der Waals surface area contributed by atoms with E-state index in [-0.39, 0.29) is 12.1 Å². The van der Waals surface area contributed by atoms with Crippen LogP contribution in [0.1, 0.15) is 5.56 Å². The summed E-state index contributed by atoms with van der Waals surface area (Å²) < 4.78 is 0. The zero-order chi connectivity index (χ0) is 17.9. The first kappa shape index (κ1) is 17.7. The third-order valence-electron chi connectivity index (χ3n) is 5.29. The fourth-order valence-electron chi connectivity index (χ4n) is 3.85. The van der Waals surface area contributed by atoms with E-state index in [4.69, 9.17) is 11.6 Å². The Hall–Kier alpha value is -1.73. The Morgan fingerprint density at radius 2 is 1.69 bits per heavy atom. The molecule has 2 fully saturated rings. The van der Waals surface area contributed by atoms with Crippen LogP contribution in [0.25, 0.3) is 0 Å². The highest BCUT2D eigenvalue weighted by atomic mass is 35.5. The van der Waals surface area contributed by atoms with E-state index in [1.807, 2.05) is 18.2 Å². The third-order valence-corrected chi connectivity index (χ3v) is 5.54. The number of β-amino-alcohol motifs (C(OH)–C–C–N with tert-alkyl or cyclic N) is 1. The number of hydrogen-bond acceptors (Lipinski definition) is 6. The van der Waals surface area contributed by atoms with Gasteiger partial charge in [0, 0.05) is 63.2 Å². The lowest BCUT2D eigenvalue weighted by molar-refractivity contribution is 0.0424. The Morgan fingerprint density at radius 3 is 2.38 bits per heavy atom. The van der Waals surface area contributed by atoms with Gasteiger partial charge in [-0.15, -0.1) is 0 Å². The zero-order valence-electron chi connectivity index (χ0n) is 14.7. The Labute approximate surface area is 159 Å². The highest BCUT2D eigenvalue weighted by Gasteiger charge is 2.37. The molecule has 2 atom stereocenters. The number of anilines is 1. The molecule has 1 aromatic carbocycles. The lowest BCUT2D eigenvalue weighted by Gasteiger charge is -2.38. The molecule has 2 unspecified atom stereocenters. The van der Waals surface area contributed by atoms with Gasteiger partial charge in [0.25, 0.3) is 0 Å². The Morgan fingerprint density at radius 1 is 1.00 bits per heavy atom. The molecule has 1 N–H and O–H groups in total. The first-order chi connectivity index (χ1) is 12.7. The van der Waals surface area contributed by atoms with Gasteiger partial charge in [-0.05, 0) is 23.8 Å². The topological polar surface area (TPSA) is 55.7 Å². The molecular weight excluding hydrogens is 350 g/mol. The average Bonchev–Trinajstić information content (AvgIpc) is 3.07. The van der Waals surface area contributed by atoms with Crippen molar-refractivity contribution in [1.82, 2.24) is 19.8 Å². The van der Waals surface area contributed by atoms with Crippen molar-refractivity contribution >= 4 is 17.5 Å². The van der Waals surface area contributed by atoms with Crippen molar-refractivity contribution in [1.29, 1.82) is 0 Å². The highest BCUT2D eigenvalue weighted by molar-refractivity contribution is 6.30. The molecule has 2 saturated heterocycles. The van der Waals surface area contributed by atoms with E-state index >= 15 is 0 Å². The lowest BCUT2D eigenvalue weighted by Crippen LogP contribution is -2.53. The van der Waals surface area contributed by atoms with E-state index in [9.17, 15) is 5.11 Å². The summed E-state index contributed by atoms with van der Waals surface area (Å²) in [5.74, 6) is 0.704. The fourth-order valence-corrected chi connectivity index (χ4v) is 3.97. The van der Waals surface area contributed by atoms with Crippen LogP contribution in [-0.2, 0) is 6.54 Å². The smallest absolute Gasteiger partial charge is 0.225 e. The SMILES string of the molecule is OC1CN(c2ncccn2)CC1N1CCN(Cc2ccc(Cl)cc2)CC1. The number of piperazine rings is 1. The van der Waals surface area contributed by atoms with Crippen molar-refractivity contribution in [3.05, 3.63) is 53.3 Å². The number of benzene rings is 1. The van der Waals surface area contributed by atoms with Gasteiger partial charge >= 0.3 is 0 Å². The van der Waals surface area contributed by atoms with E-state index in [1.54, 1.807) is 12.4 Å². The van der Waals surface area contributed by atoms with Crippen LogP contribution in [0.4, 0.5) is 5.95 Å². The van der Waals surface area contributed by atoms with Gasteiger partial charge in [-0.2, -0.15) is 0 Å². The minimum Gasteiger partial charge on any atom is -0.390 e. The summed E-state index contributed by atoms with van der Waals surface area (Å²) >= 11 is 5.96. The maximum atomic E-state index is 10.5. The number of halogens is 1. The molecule has 3 heterocycles. The van der Waals surface area contributed by atoms with Crippen molar-refractivity contribution in [2.45, 2.75) is 18.7 Å². The summed E-state index contributed by atoms with van der Waals surface area (Å²) in [7, 11) is 0. The second-order valence-corrected chi connectivity index (χ2v) is 7.46. The maximum absolute atomic E-state index is 10.5. The van der Waals surface area contributed by atoms with E-state index < -0.39 is 0 Å². The third kappa shape index (κ3) is 3.99. The monoisotopic (exact) mass is 373 g/mol. The molecular formula is C19H24ClN5O. The molecule has 0 aliphatic carbocycles. The molecule has 0 spiro atoms. The van der Waals surface area contributed by atoms with Crippen molar-refractivity contribution in [3.8, 4) is 0 Å². The van der Waals surface area contributed by atoms with Crippen LogP contribution in [-0.4, -0.2) is 76.3 Å². The van der Waals surface area contributed by atoms with Crippen LogP contribution in [0.15, 0.2) is 42.7 Å². The summed E-state index contributed by atoms with van der Waals surface area (Å²) in [6, 6.07) is 10.0. The summed E-state index contributed by atoms with van der Waals surface area (Å²) in [6.07, 6.45) is 3.14. The van der Waals surface area contributed by atoms with Gasteiger partial charge in [0.2, 0.25) is 5.95 Å². The summed E-state index contributed by atoms with van der Waals surface area (Å²) in [5.41, 5.74) is 1.29. The quantitative estimate of drug-likeness (QED) is 0.876. The van der Waals surface area contributed by atoms with Crippen molar-refractivity contribution in [3.63, 3.8) is 0 Å². The molecule has 4 rings (SSSR count). The molecule has 2 aliphatic rings. The number of hydrogen-bond donors (Lipinski definition) is 1. The van der Waals surface area contributed by atoms with Crippen LogP contribution in [0.2, 0.25) is 5.02 Å². The van der Waals surface area contributed by atoms with Gasteiger partial charge in [0.15, 0.2) is 0 Å². The summed E-state index contributed by atoms with van der Waals surface area (Å²) in [4.78, 5) is 15.6. The molecule has 0 bridgehead atoms. The second kappa shape index (κ2) is 7.88. The molecule has 2 aromatic rings. The van der Waals surface area contributed by atoms with Crippen LogP contribution in [0.5, 0.6) is 0 Å². The molecule has 7 heteroatoms. The second-order valence-electron chi connectivity index (χ2n) is 7.03. The van der Waals surface area contributed by atoms with E-state index in [0.29, 0.717) is 12.5 Å². The Bertz CT molecular complexity index is 706. The maximum Gasteiger partial charge on any atom is 0.225 e. The molecule has 26 heavy (non-hydrogen) atoms. The van der Waals surface area contributed by atoms with Gasteiger partial charge in [0.05, 0.1) is 12.1 Å². The highest BCUT2D eigenvalue weighted by Crippen LogP contribution is 2.22. The predicted octanol–water partition coefficient (Wildman–Crippen LogP) is 1.50. The van der Waals surface area contributed by atoms with E-state index in [0.717, 1.165) is 44.3 Å². The van der Waals surface area contributed by atoms with Crippen molar-refractivity contribution < 1.29 is 5.11 Å². The fraction of sp³-hybridized carbons (Fsp3) is 0.474. The van der Waals surface area contributed by atoms with E-state index in [1.165, 1.54) is 5.56 Å². The predicted molar refractivity (Wildman–Crippen MR) is 102 cm³/mol. The van der Waals surface area contributed by atoms with Crippen molar-refractivity contribution in [2.75, 3.05) is 44.2 Å². The largest absolute Gasteiger partial charge is 0.390 e. The zero-order valence-corrected chi connectivity index (χ0v) is 15.5. The minimum absolute atomic E-state index is 0.150. The number of rotatable bonds is 4. The van der Waals surface area contributed by atoms with Crippen LogP contribution in [0, 0.1) is 0 Å². The molecule has 6 nitrogen and oxygen atoms in total. The van der Waals surface area contributed by atoms with E-state index in [2.05, 4.69) is 36.8 Å². The number of nitrogens with zero attached hydrogens (tertiary/aromatic N) is 5. The molecule has 1 aromatic heterocycles. The standard InChI is InChI=1S/C19H24ClN5O/c20-16-4-2-15(3-5-16)12-23-8-10-24(11-9-23)17-13-25(14-18(17)26)19-21-6-1-7-22-19/h1-7,17-18,26H,8-14H2. The lowest BCUT2D eigenvalue weighted by atomic mass is 10.1. The van der Waals surface area contributed by atoms with Crippen molar-refractivity contribution in [2.24, 2.45) is 0 Å². The number of aliphatic hydroxyl groups excluding tert-OH is 1. The Kier molecular flexibility index (Phi) is 5.36. The molecule has 138 valence electrons. The van der Waals surface area contributed by atoms with Crippen LogP contribution >= 0.6 is 11.6 Å². The molecule has 2 aliphatic heterocycles. The van der Waals surface area contributed by atoms with Gasteiger partial charge in [-0.3, -0.25) is 9.80 Å². The van der Waals surface area contributed by atoms with Crippen LogP contribution < -0.4 is 4.90 Å². The van der Waals surface area contributed by atoms with Crippen LogP contribution in [0.3, 0.4) is 0 Å². The van der Waals surface area contributed by atoms with Gasteiger partial charge in [-0.1, -0.05) is 23.7 Å². The first-order valence-electron chi connectivity index (χ1n) is 9.10. The van der Waals surface area contributed by atoms with Gasteiger partial charge < -0.3 is 10.0 Å². The van der Waals surface area contributed by atoms with Gasteiger partial charge in [0.1, 0.15) is 0 Å². The Balaban J connectivity index is 1.31. The number of aromatic nitrogens is 2. The summed E-state index contributed by atoms with van der Waals surface area (Å²) in [5, 5.41) is 11.3. The normalized spacial score (nSPS) is 24.9. The average molecular weight is 374 g/mol. The van der Waals surface area contributed by atoms with Gasteiger partial charge in [-0.25, -0.2) is 9.97 Å². The molecule has 0 amide bonds. The molecule has 0 radical (unpaired) electrons. The molecule has 0 saturated carbocycles. The summed E-state index contributed by atoms with van der Waals surface area (Å²) in [6.45, 7) is 6.28. The first-order valence-corrected chi connectivity index (χ1v) is 9.48. The number of aliphatic hydroxyl groups is 1.